The Bertz CT molecular complexity index is 1300. The highest BCUT2D eigenvalue weighted by molar-refractivity contribution is 8.18. The Morgan fingerprint density at radius 3 is 2.40 bits per heavy atom. The molecule has 40 heavy (non-hydrogen) atoms. The third-order valence-electron chi connectivity index (χ3n) is 7.78. The Morgan fingerprint density at radius 1 is 1.07 bits per heavy atom. The standard InChI is InChI=1S/C31H35ClN2O5S/c1-38-26-17-21(16-25(32)28(26)39-19-20-12-14-22(15-13-20)30(36)37)18-27-29(35)34(24-10-6-3-7-11-24)31(40-27)33-23-8-4-2-5-9-23/h12-18,23-24H,2-11,19H2,1H3,(H,36,37). The molecule has 1 heterocycles. The number of carboxylic acids is 1. The van der Waals surface area contributed by atoms with Crippen molar-refractivity contribution in [3.63, 3.8) is 0 Å². The molecule has 1 aliphatic heterocycles. The molecule has 1 saturated heterocycles. The Kier molecular flexibility index (Phi) is 9.37. The number of hydrogen-bond donors (Lipinski definition) is 1. The number of ether oxygens (including phenoxy) is 2. The van der Waals surface area contributed by atoms with E-state index in [1.165, 1.54) is 49.6 Å². The predicted molar refractivity (Wildman–Crippen MR) is 159 cm³/mol. The van der Waals surface area contributed by atoms with Gasteiger partial charge in [-0.1, -0.05) is 62.3 Å². The summed E-state index contributed by atoms with van der Waals surface area (Å²) in [6.07, 6.45) is 13.3. The molecule has 3 fully saturated rings. The minimum Gasteiger partial charge on any atom is -0.493 e. The largest absolute Gasteiger partial charge is 0.493 e. The van der Waals surface area contributed by atoms with Crippen LogP contribution in [0.2, 0.25) is 5.02 Å². The first-order valence-electron chi connectivity index (χ1n) is 14.1. The smallest absolute Gasteiger partial charge is 0.335 e. The lowest BCUT2D eigenvalue weighted by atomic mass is 9.94. The minimum atomic E-state index is -0.977. The van der Waals surface area contributed by atoms with E-state index in [4.69, 9.17) is 31.2 Å². The quantitative estimate of drug-likeness (QED) is 0.323. The van der Waals surface area contributed by atoms with Gasteiger partial charge in [0, 0.05) is 6.04 Å². The summed E-state index contributed by atoms with van der Waals surface area (Å²) in [6.45, 7) is 0.197. The minimum absolute atomic E-state index is 0.0201. The fraction of sp³-hybridized carbons (Fsp3) is 0.452. The molecule has 1 amide bonds. The molecule has 2 aliphatic carbocycles. The van der Waals surface area contributed by atoms with Crippen LogP contribution in [0.1, 0.15) is 85.7 Å². The molecule has 0 unspecified atom stereocenters. The summed E-state index contributed by atoms with van der Waals surface area (Å²) in [5.41, 5.74) is 1.76. The number of carbonyl (C=O) groups is 2. The SMILES string of the molecule is COc1cc(C=C2SC(=NC3CCCCC3)N(C3CCCCC3)C2=O)cc(Cl)c1OCc1ccc(C(=O)O)cc1. The van der Waals surface area contributed by atoms with Crippen LogP contribution in [0.4, 0.5) is 0 Å². The first kappa shape index (κ1) is 28.6. The topological polar surface area (TPSA) is 88.4 Å². The van der Waals surface area contributed by atoms with Crippen LogP contribution in [0.25, 0.3) is 6.08 Å². The number of methoxy groups -OCH3 is 1. The second kappa shape index (κ2) is 13.1. The van der Waals surface area contributed by atoms with Gasteiger partial charge in [-0.05, 0) is 78.9 Å². The summed E-state index contributed by atoms with van der Waals surface area (Å²) in [5, 5.41) is 10.3. The summed E-state index contributed by atoms with van der Waals surface area (Å²) >= 11 is 8.11. The molecule has 2 aromatic carbocycles. The van der Waals surface area contributed by atoms with E-state index in [1.54, 1.807) is 25.3 Å². The molecule has 0 atom stereocenters. The number of nitrogens with zero attached hydrogens (tertiary/aromatic N) is 2. The maximum Gasteiger partial charge on any atom is 0.335 e. The summed E-state index contributed by atoms with van der Waals surface area (Å²) < 4.78 is 11.6. The number of aliphatic imine (C=N–C) groups is 1. The summed E-state index contributed by atoms with van der Waals surface area (Å²) in [7, 11) is 1.55. The van der Waals surface area contributed by atoms with Gasteiger partial charge in [0.1, 0.15) is 6.61 Å². The third-order valence-corrected chi connectivity index (χ3v) is 9.06. The van der Waals surface area contributed by atoms with Crippen molar-refractivity contribution in [1.82, 2.24) is 4.90 Å². The Labute approximate surface area is 244 Å². The van der Waals surface area contributed by atoms with Crippen LogP contribution in [0, 0.1) is 0 Å². The van der Waals surface area contributed by atoms with E-state index in [-0.39, 0.29) is 24.1 Å². The third kappa shape index (κ3) is 6.66. The van der Waals surface area contributed by atoms with Crippen molar-refractivity contribution in [2.45, 2.75) is 82.9 Å². The molecule has 2 aromatic rings. The number of amides is 1. The first-order chi connectivity index (χ1) is 19.4. The fourth-order valence-electron chi connectivity index (χ4n) is 5.62. The Hall–Kier alpha value is -2.97. The van der Waals surface area contributed by atoms with Crippen LogP contribution in [-0.2, 0) is 11.4 Å². The van der Waals surface area contributed by atoms with Gasteiger partial charge in [-0.2, -0.15) is 0 Å². The fourth-order valence-corrected chi connectivity index (χ4v) is 7.00. The van der Waals surface area contributed by atoms with Crippen molar-refractivity contribution in [2.24, 2.45) is 4.99 Å². The number of halogens is 1. The van der Waals surface area contributed by atoms with Gasteiger partial charge in [0.2, 0.25) is 0 Å². The second-order valence-electron chi connectivity index (χ2n) is 10.6. The van der Waals surface area contributed by atoms with Gasteiger partial charge in [-0.15, -0.1) is 0 Å². The number of benzene rings is 2. The summed E-state index contributed by atoms with van der Waals surface area (Å²) in [5.74, 6) is -0.110. The summed E-state index contributed by atoms with van der Waals surface area (Å²) in [4.78, 5) is 32.5. The highest BCUT2D eigenvalue weighted by atomic mass is 35.5. The van der Waals surface area contributed by atoms with Gasteiger partial charge in [-0.3, -0.25) is 14.7 Å². The maximum atomic E-state index is 13.7. The van der Waals surface area contributed by atoms with Gasteiger partial charge in [0.05, 0.1) is 28.6 Å². The number of aromatic carboxylic acids is 1. The Balaban J connectivity index is 1.37. The van der Waals surface area contributed by atoms with Crippen LogP contribution < -0.4 is 9.47 Å². The lowest BCUT2D eigenvalue weighted by molar-refractivity contribution is -0.124. The molecule has 2 saturated carbocycles. The molecule has 9 heteroatoms. The predicted octanol–water partition coefficient (Wildman–Crippen LogP) is 7.56. The zero-order valence-electron chi connectivity index (χ0n) is 22.7. The van der Waals surface area contributed by atoms with Gasteiger partial charge in [0.25, 0.3) is 5.91 Å². The van der Waals surface area contributed by atoms with E-state index in [0.717, 1.165) is 54.8 Å². The van der Waals surface area contributed by atoms with E-state index in [2.05, 4.69) is 0 Å². The molecule has 212 valence electrons. The molecular formula is C31H35ClN2O5S. The van der Waals surface area contributed by atoms with Crippen molar-refractivity contribution in [3.8, 4) is 11.5 Å². The number of hydrogen-bond acceptors (Lipinski definition) is 6. The zero-order chi connectivity index (χ0) is 28.1. The van der Waals surface area contributed by atoms with E-state index in [0.29, 0.717) is 27.5 Å². The molecule has 0 aromatic heterocycles. The van der Waals surface area contributed by atoms with Crippen LogP contribution >= 0.6 is 23.4 Å². The van der Waals surface area contributed by atoms with Crippen molar-refractivity contribution < 1.29 is 24.2 Å². The van der Waals surface area contributed by atoms with Gasteiger partial charge in [-0.25, -0.2) is 4.79 Å². The van der Waals surface area contributed by atoms with E-state index >= 15 is 0 Å². The van der Waals surface area contributed by atoms with E-state index < -0.39 is 5.97 Å². The molecule has 5 rings (SSSR count). The van der Waals surface area contributed by atoms with Crippen molar-refractivity contribution in [3.05, 3.63) is 63.0 Å². The molecule has 1 N–H and O–H groups in total. The van der Waals surface area contributed by atoms with E-state index in [1.807, 2.05) is 17.0 Å². The van der Waals surface area contributed by atoms with Gasteiger partial charge < -0.3 is 14.6 Å². The Morgan fingerprint density at radius 2 is 1.75 bits per heavy atom. The van der Waals surface area contributed by atoms with Crippen molar-refractivity contribution in [2.75, 3.05) is 7.11 Å². The number of amidine groups is 1. The molecule has 0 radical (unpaired) electrons. The number of rotatable bonds is 8. The number of carboxylic acid groups (broad SMARTS) is 1. The molecule has 7 nitrogen and oxygen atoms in total. The maximum absolute atomic E-state index is 13.7. The van der Waals surface area contributed by atoms with Crippen LogP contribution in [0.5, 0.6) is 11.5 Å². The normalized spacial score (nSPS) is 20.9. The monoisotopic (exact) mass is 582 g/mol. The highest BCUT2D eigenvalue weighted by Gasteiger charge is 2.39. The van der Waals surface area contributed by atoms with Crippen LogP contribution in [0.3, 0.4) is 0 Å². The van der Waals surface area contributed by atoms with Crippen LogP contribution in [0.15, 0.2) is 46.3 Å². The number of carbonyl (C=O) groups excluding carboxylic acids is 1. The lowest BCUT2D eigenvalue weighted by Crippen LogP contribution is -2.41. The first-order valence-corrected chi connectivity index (χ1v) is 15.3. The number of thioether (sulfide) groups is 1. The van der Waals surface area contributed by atoms with Gasteiger partial charge in [0.15, 0.2) is 16.7 Å². The molecule has 0 bridgehead atoms. The molecule has 3 aliphatic rings. The van der Waals surface area contributed by atoms with E-state index in [9.17, 15) is 9.59 Å². The molecule has 0 spiro atoms. The summed E-state index contributed by atoms with van der Waals surface area (Å²) in [6, 6.07) is 10.6. The highest BCUT2D eigenvalue weighted by Crippen LogP contribution is 2.41. The molecular weight excluding hydrogens is 548 g/mol. The van der Waals surface area contributed by atoms with Crippen molar-refractivity contribution >= 4 is 46.5 Å². The zero-order valence-corrected chi connectivity index (χ0v) is 24.3. The van der Waals surface area contributed by atoms with Gasteiger partial charge >= 0.3 is 5.97 Å². The lowest BCUT2D eigenvalue weighted by Gasteiger charge is -2.31. The van der Waals surface area contributed by atoms with Crippen LogP contribution in [-0.4, -0.2) is 46.2 Å². The second-order valence-corrected chi connectivity index (χ2v) is 12.0. The average molecular weight is 583 g/mol. The average Bonchev–Trinajstić information content (AvgIpc) is 3.27. The van der Waals surface area contributed by atoms with Crippen molar-refractivity contribution in [1.29, 1.82) is 0 Å².